The maximum absolute atomic E-state index is 13.4. The molecule has 0 radical (unpaired) electrons. The Balaban J connectivity index is 1.33. The molecule has 4 aliphatic rings. The molecule has 0 aromatic carbocycles. The van der Waals surface area contributed by atoms with E-state index < -0.39 is 36.0 Å². The van der Waals surface area contributed by atoms with E-state index in [0.717, 1.165) is 16.8 Å². The van der Waals surface area contributed by atoms with Gasteiger partial charge in [0.15, 0.2) is 12.0 Å². The Hall–Kier alpha value is -3.05. The lowest BCUT2D eigenvalue weighted by Crippen LogP contribution is -2.42. The van der Waals surface area contributed by atoms with Gasteiger partial charge >= 0.3 is 11.9 Å². The number of allylic oxidation sites excluding steroid dienone is 4. The van der Waals surface area contributed by atoms with Crippen molar-refractivity contribution < 1.29 is 42.8 Å². The highest BCUT2D eigenvalue weighted by Crippen LogP contribution is 2.44. The second-order valence-electron chi connectivity index (χ2n) is 13.3. The number of epoxide rings is 2. The van der Waals surface area contributed by atoms with Crippen LogP contribution in [-0.4, -0.2) is 77.5 Å². The van der Waals surface area contributed by atoms with Crippen LogP contribution in [0.1, 0.15) is 71.9 Å². The largest absolute Gasteiger partial charge is 0.462 e. The van der Waals surface area contributed by atoms with Crippen molar-refractivity contribution in [2.24, 2.45) is 17.8 Å². The number of oxazole rings is 1. The number of aliphatic hydroxyl groups is 1. The van der Waals surface area contributed by atoms with E-state index in [0.29, 0.717) is 25.2 Å². The molecule has 2 bridgehead atoms. The van der Waals surface area contributed by atoms with E-state index >= 15 is 0 Å². The summed E-state index contributed by atoms with van der Waals surface area (Å²) in [5, 5.41) is 11.4. The summed E-state index contributed by atoms with van der Waals surface area (Å²) in [6, 6.07) is 0. The lowest BCUT2D eigenvalue weighted by Gasteiger charge is -2.33. The number of aromatic nitrogens is 1. The average Bonchev–Trinajstić information content (AvgIpc) is 3.86. The molecular formula is C35H47NO9. The Labute approximate surface area is 265 Å². The number of ether oxygens (including phenoxy) is 5. The van der Waals surface area contributed by atoms with Gasteiger partial charge in [0.1, 0.15) is 35.9 Å². The second kappa shape index (κ2) is 13.7. The number of carbonyl (C=O) groups is 2. The fourth-order valence-electron chi connectivity index (χ4n) is 6.64. The quantitative estimate of drug-likeness (QED) is 0.190. The SMILES string of the molecule is CO[C@H](/C(C)=C/C=C/C(C)=C/c1coc(C)n1)[C@H](C)[C@H]1C[C@H](O)[C@@]2(C)O[C@H]2/C=C/[C@H](C)[C@@H]2C[C@@H](CC(=O)O2)C[C@@H]2O[C@@H]2C(=O)O1. The third-order valence-electron chi connectivity index (χ3n) is 9.63. The Morgan fingerprint density at radius 1 is 1.16 bits per heavy atom. The summed E-state index contributed by atoms with van der Waals surface area (Å²) in [5.41, 5.74) is 1.86. The molecule has 1 N–H and O–H groups in total. The molecule has 5 heterocycles. The number of fused-ring (bicyclic) bond motifs is 4. The van der Waals surface area contributed by atoms with Crippen molar-refractivity contribution in [3.63, 3.8) is 0 Å². The van der Waals surface area contributed by atoms with Crippen molar-refractivity contribution in [3.8, 4) is 0 Å². The van der Waals surface area contributed by atoms with Crippen molar-refractivity contribution in [2.45, 2.75) is 116 Å². The zero-order valence-electron chi connectivity index (χ0n) is 27.3. The number of nitrogens with zero attached hydrogens (tertiary/aromatic N) is 1. The molecule has 3 fully saturated rings. The molecule has 10 heteroatoms. The maximum atomic E-state index is 13.4. The molecule has 0 saturated carbocycles. The third kappa shape index (κ3) is 8.03. The number of rotatable bonds is 7. The third-order valence-corrected chi connectivity index (χ3v) is 9.63. The van der Waals surface area contributed by atoms with Gasteiger partial charge in [-0.05, 0) is 56.8 Å². The smallest absolute Gasteiger partial charge is 0.338 e. The molecular weight excluding hydrogens is 578 g/mol. The van der Waals surface area contributed by atoms with E-state index in [1.165, 1.54) is 0 Å². The van der Waals surface area contributed by atoms with Gasteiger partial charge in [-0.1, -0.05) is 44.2 Å². The van der Waals surface area contributed by atoms with Crippen molar-refractivity contribution >= 4 is 18.0 Å². The summed E-state index contributed by atoms with van der Waals surface area (Å²) < 4.78 is 34.7. The Kier molecular flexibility index (Phi) is 10.2. The number of esters is 2. The van der Waals surface area contributed by atoms with Gasteiger partial charge in [-0.3, -0.25) is 4.79 Å². The standard InChI is InChI=1S/C35H47NO9/c1-19(13-25-18-41-23(5)36-25)9-8-10-21(3)32(40-7)22(4)27-17-29(37)35(6)30(45-35)12-11-20(2)26-14-24(16-31(38)42-26)15-28-33(43-28)34(39)44-27/h8-13,18,20,22,24,26-30,32-33,37H,14-17H2,1-7H3/b9-8+,12-11+,19-13+,21-10+/t20-,22+,24+,26-,27+,28-,29-,30-,32+,33-,35+/m0/s1. The average molecular weight is 626 g/mol. The van der Waals surface area contributed by atoms with Crippen LogP contribution in [0.2, 0.25) is 0 Å². The van der Waals surface area contributed by atoms with Gasteiger partial charge in [-0.25, -0.2) is 9.78 Å². The van der Waals surface area contributed by atoms with Crippen molar-refractivity contribution in [3.05, 3.63) is 59.4 Å². The molecule has 3 saturated heterocycles. The first-order valence-electron chi connectivity index (χ1n) is 16.0. The Morgan fingerprint density at radius 3 is 2.62 bits per heavy atom. The van der Waals surface area contributed by atoms with Crippen LogP contribution < -0.4 is 0 Å². The first kappa shape index (κ1) is 33.3. The Bertz CT molecular complexity index is 1360. The first-order valence-corrected chi connectivity index (χ1v) is 16.0. The summed E-state index contributed by atoms with van der Waals surface area (Å²) >= 11 is 0. The van der Waals surface area contributed by atoms with Crippen molar-refractivity contribution in [2.75, 3.05) is 7.11 Å². The number of hydrogen-bond acceptors (Lipinski definition) is 10. The number of carbonyl (C=O) groups excluding carboxylic acids is 2. The van der Waals surface area contributed by atoms with Gasteiger partial charge in [-0.2, -0.15) is 0 Å². The summed E-state index contributed by atoms with van der Waals surface area (Å²) in [6.07, 6.45) is 11.7. The molecule has 10 nitrogen and oxygen atoms in total. The number of methoxy groups -OCH3 is 1. The monoisotopic (exact) mass is 625 g/mol. The van der Waals surface area contributed by atoms with Crippen LogP contribution in [-0.2, 0) is 33.3 Å². The molecule has 0 spiro atoms. The van der Waals surface area contributed by atoms with Crippen molar-refractivity contribution in [1.29, 1.82) is 0 Å². The van der Waals surface area contributed by atoms with E-state index in [2.05, 4.69) is 4.98 Å². The molecule has 45 heavy (non-hydrogen) atoms. The van der Waals surface area contributed by atoms with Gasteiger partial charge in [-0.15, -0.1) is 0 Å². The molecule has 0 unspecified atom stereocenters. The van der Waals surface area contributed by atoms with E-state index in [-0.39, 0.29) is 48.5 Å². The fourth-order valence-corrected chi connectivity index (χ4v) is 6.64. The summed E-state index contributed by atoms with van der Waals surface area (Å²) in [5.74, 6) is -0.316. The number of hydrogen-bond donors (Lipinski definition) is 1. The predicted octanol–water partition coefficient (Wildman–Crippen LogP) is 5.05. The van der Waals surface area contributed by atoms with Crippen LogP contribution in [0.25, 0.3) is 6.08 Å². The predicted molar refractivity (Wildman–Crippen MR) is 166 cm³/mol. The zero-order valence-corrected chi connectivity index (χ0v) is 27.3. The molecule has 0 amide bonds. The van der Waals surface area contributed by atoms with Crippen LogP contribution in [0.3, 0.4) is 0 Å². The maximum Gasteiger partial charge on any atom is 0.338 e. The summed E-state index contributed by atoms with van der Waals surface area (Å²) in [6.45, 7) is 11.6. The lowest BCUT2D eigenvalue weighted by atomic mass is 9.84. The zero-order chi connectivity index (χ0) is 32.5. The van der Waals surface area contributed by atoms with Crippen LogP contribution >= 0.6 is 0 Å². The summed E-state index contributed by atoms with van der Waals surface area (Å²) in [4.78, 5) is 30.1. The number of aliphatic hydroxyl groups excluding tert-OH is 1. The molecule has 11 atom stereocenters. The van der Waals surface area contributed by atoms with Gasteiger partial charge in [0.2, 0.25) is 0 Å². The summed E-state index contributed by atoms with van der Waals surface area (Å²) in [7, 11) is 1.63. The van der Waals surface area contributed by atoms with Crippen LogP contribution in [0, 0.1) is 24.7 Å². The van der Waals surface area contributed by atoms with E-state index in [1.807, 2.05) is 71.1 Å². The highest BCUT2D eigenvalue weighted by atomic mass is 16.6. The molecule has 0 aliphatic carbocycles. The van der Waals surface area contributed by atoms with Crippen LogP contribution in [0.15, 0.2) is 52.2 Å². The molecule has 1 aromatic rings. The van der Waals surface area contributed by atoms with Gasteiger partial charge in [0.25, 0.3) is 0 Å². The van der Waals surface area contributed by atoms with Gasteiger partial charge < -0.3 is 33.2 Å². The minimum absolute atomic E-state index is 0.0130. The second-order valence-corrected chi connectivity index (χ2v) is 13.3. The van der Waals surface area contributed by atoms with E-state index in [4.69, 9.17) is 28.1 Å². The Morgan fingerprint density at radius 2 is 1.91 bits per heavy atom. The van der Waals surface area contributed by atoms with Crippen LogP contribution in [0.5, 0.6) is 0 Å². The highest BCUT2D eigenvalue weighted by Gasteiger charge is 2.57. The van der Waals surface area contributed by atoms with Crippen LogP contribution in [0.4, 0.5) is 0 Å². The minimum atomic E-state index is -0.905. The fraction of sp³-hybridized carbons (Fsp3) is 0.629. The number of aryl methyl sites for hydroxylation is 1. The first-order chi connectivity index (χ1) is 21.4. The number of cyclic esters (lactones) is 1. The molecule has 5 rings (SSSR count). The van der Waals surface area contributed by atoms with Gasteiger partial charge in [0.05, 0.1) is 18.3 Å². The minimum Gasteiger partial charge on any atom is -0.462 e. The van der Waals surface area contributed by atoms with Gasteiger partial charge in [0, 0.05) is 38.7 Å². The highest BCUT2D eigenvalue weighted by molar-refractivity contribution is 5.78. The molecule has 1 aromatic heterocycles. The van der Waals surface area contributed by atoms with E-state index in [1.54, 1.807) is 20.3 Å². The lowest BCUT2D eigenvalue weighted by molar-refractivity contribution is -0.159. The topological polar surface area (TPSA) is 133 Å². The van der Waals surface area contributed by atoms with Crippen molar-refractivity contribution in [1.82, 2.24) is 4.98 Å². The normalized spacial score (nSPS) is 38.0. The molecule has 4 aliphatic heterocycles. The molecule has 246 valence electrons. The van der Waals surface area contributed by atoms with E-state index in [9.17, 15) is 14.7 Å².